The number of carbonyl (C=O) groups excluding carboxylic acids is 1. The van der Waals surface area contributed by atoms with Crippen LogP contribution in [0.25, 0.3) is 0 Å². The van der Waals surface area contributed by atoms with Gasteiger partial charge in [-0.1, -0.05) is 0 Å². The van der Waals surface area contributed by atoms with Crippen LogP contribution in [0.1, 0.15) is 36.0 Å². The molecule has 6 heteroatoms. The molecule has 0 bridgehead atoms. The van der Waals surface area contributed by atoms with Crippen molar-refractivity contribution in [2.24, 2.45) is 11.3 Å². The summed E-state index contributed by atoms with van der Waals surface area (Å²) < 4.78 is 0.580. The van der Waals surface area contributed by atoms with E-state index in [2.05, 4.69) is 21.2 Å². The van der Waals surface area contributed by atoms with Gasteiger partial charge in [-0.3, -0.25) is 14.9 Å². The Bertz CT molecular complexity index is 580. The zero-order valence-corrected chi connectivity index (χ0v) is 12.5. The molecule has 0 unspecified atom stereocenters. The van der Waals surface area contributed by atoms with Gasteiger partial charge in [0.1, 0.15) is 0 Å². The molecule has 1 aromatic carbocycles. The molecule has 1 amide bonds. The Morgan fingerprint density at radius 2 is 2.15 bits per heavy atom. The van der Waals surface area contributed by atoms with Crippen LogP contribution < -0.4 is 5.32 Å². The van der Waals surface area contributed by atoms with E-state index in [0.717, 1.165) is 5.92 Å². The molecule has 2 aliphatic carbocycles. The van der Waals surface area contributed by atoms with E-state index < -0.39 is 4.92 Å². The number of nitro groups is 1. The Morgan fingerprint density at radius 1 is 1.45 bits per heavy atom. The molecule has 0 heterocycles. The number of amides is 1. The lowest BCUT2D eigenvalue weighted by atomic mass is 10.0. The van der Waals surface area contributed by atoms with E-state index in [1.165, 1.54) is 37.8 Å². The number of benzene rings is 1. The van der Waals surface area contributed by atoms with Crippen LogP contribution in [0.5, 0.6) is 0 Å². The fraction of sp³-hybridized carbons (Fsp3) is 0.500. The average Bonchev–Trinajstić information content (AvgIpc) is 3.27. The minimum absolute atomic E-state index is 0.0679. The molecule has 1 N–H and O–H groups in total. The second-order valence-electron chi connectivity index (χ2n) is 5.74. The van der Waals surface area contributed by atoms with Crippen molar-refractivity contribution in [2.75, 3.05) is 6.54 Å². The van der Waals surface area contributed by atoms with Crippen molar-refractivity contribution < 1.29 is 9.72 Å². The molecular formula is C14H15BrN2O3. The van der Waals surface area contributed by atoms with Gasteiger partial charge in [0.15, 0.2) is 0 Å². The number of nitrogens with one attached hydrogen (secondary N) is 1. The Labute approximate surface area is 125 Å². The zero-order valence-electron chi connectivity index (χ0n) is 10.9. The van der Waals surface area contributed by atoms with Crippen LogP contribution in [0.4, 0.5) is 5.69 Å². The maximum absolute atomic E-state index is 12.2. The van der Waals surface area contributed by atoms with Gasteiger partial charge in [-0.2, -0.15) is 0 Å². The molecule has 0 aromatic heterocycles. The third-order valence-corrected chi connectivity index (χ3v) is 5.03. The van der Waals surface area contributed by atoms with Crippen molar-refractivity contribution in [3.8, 4) is 0 Å². The molecule has 106 valence electrons. The van der Waals surface area contributed by atoms with Crippen molar-refractivity contribution in [1.29, 1.82) is 0 Å². The minimum Gasteiger partial charge on any atom is -0.351 e. The van der Waals surface area contributed by atoms with E-state index in [9.17, 15) is 14.9 Å². The van der Waals surface area contributed by atoms with E-state index in [4.69, 9.17) is 0 Å². The summed E-state index contributed by atoms with van der Waals surface area (Å²) in [5.41, 5.74) is 0.579. The number of hydrogen-bond donors (Lipinski definition) is 1. The highest BCUT2D eigenvalue weighted by Gasteiger charge is 2.53. The van der Waals surface area contributed by atoms with Gasteiger partial charge in [0.2, 0.25) is 0 Å². The second-order valence-corrected chi connectivity index (χ2v) is 6.59. The van der Waals surface area contributed by atoms with Crippen LogP contribution in [0.2, 0.25) is 0 Å². The van der Waals surface area contributed by atoms with Gasteiger partial charge in [0, 0.05) is 23.2 Å². The summed E-state index contributed by atoms with van der Waals surface area (Å²) in [6.45, 7) is 0.686. The second kappa shape index (κ2) is 4.84. The fourth-order valence-electron chi connectivity index (χ4n) is 2.74. The molecule has 3 rings (SSSR count). The van der Waals surface area contributed by atoms with Crippen molar-refractivity contribution in [3.05, 3.63) is 38.3 Å². The number of hydrogen-bond acceptors (Lipinski definition) is 3. The van der Waals surface area contributed by atoms with Crippen molar-refractivity contribution in [1.82, 2.24) is 5.32 Å². The average molecular weight is 339 g/mol. The summed E-state index contributed by atoms with van der Waals surface area (Å²) in [6, 6.07) is 4.24. The zero-order chi connectivity index (χ0) is 14.3. The quantitative estimate of drug-likeness (QED) is 0.661. The molecule has 0 radical (unpaired) electrons. The molecule has 2 aliphatic rings. The largest absolute Gasteiger partial charge is 0.351 e. The van der Waals surface area contributed by atoms with Crippen LogP contribution in [-0.4, -0.2) is 17.4 Å². The molecule has 2 saturated carbocycles. The summed E-state index contributed by atoms with van der Waals surface area (Å²) in [5, 5.41) is 13.7. The van der Waals surface area contributed by atoms with E-state index in [1.807, 2.05) is 0 Å². The van der Waals surface area contributed by atoms with Crippen molar-refractivity contribution in [3.63, 3.8) is 0 Å². The Kier molecular flexibility index (Phi) is 3.28. The van der Waals surface area contributed by atoms with Gasteiger partial charge in [-0.25, -0.2) is 0 Å². The molecular weight excluding hydrogens is 324 g/mol. The van der Waals surface area contributed by atoms with E-state index >= 15 is 0 Å². The topological polar surface area (TPSA) is 72.2 Å². The summed E-state index contributed by atoms with van der Waals surface area (Å²) in [6.07, 6.45) is 4.93. The molecule has 2 fully saturated rings. The first kappa shape index (κ1) is 13.5. The first-order valence-corrected chi connectivity index (χ1v) is 7.53. The number of rotatable bonds is 5. The van der Waals surface area contributed by atoms with Crippen molar-refractivity contribution >= 4 is 27.5 Å². The highest BCUT2D eigenvalue weighted by Crippen LogP contribution is 2.60. The molecule has 20 heavy (non-hydrogen) atoms. The maximum Gasteiger partial charge on any atom is 0.270 e. The highest BCUT2D eigenvalue weighted by atomic mass is 79.9. The lowest BCUT2D eigenvalue weighted by Gasteiger charge is -2.15. The van der Waals surface area contributed by atoms with Gasteiger partial charge >= 0.3 is 0 Å². The Balaban J connectivity index is 1.70. The number of carbonyl (C=O) groups is 1. The predicted molar refractivity (Wildman–Crippen MR) is 77.5 cm³/mol. The van der Waals surface area contributed by atoms with Crippen LogP contribution >= 0.6 is 15.9 Å². The SMILES string of the molecule is O=C(NCC1(C2CC2)CC1)c1cc([N+](=O)[O-])ccc1Br. The van der Waals surface area contributed by atoms with Crippen LogP contribution in [-0.2, 0) is 0 Å². The number of nitrogens with zero attached hydrogens (tertiary/aromatic N) is 1. The normalized spacial score (nSPS) is 19.4. The fourth-order valence-corrected chi connectivity index (χ4v) is 3.16. The van der Waals surface area contributed by atoms with Gasteiger partial charge in [-0.15, -0.1) is 0 Å². The number of nitro benzene ring substituents is 1. The standard InChI is InChI=1S/C14H15BrN2O3/c15-12-4-3-10(17(19)20)7-11(12)13(18)16-8-14(5-6-14)9-1-2-9/h3-4,7,9H,1-2,5-6,8H2,(H,16,18). The lowest BCUT2D eigenvalue weighted by Crippen LogP contribution is -2.31. The summed E-state index contributed by atoms with van der Waals surface area (Å²) in [5.74, 6) is 0.531. The first-order valence-electron chi connectivity index (χ1n) is 6.74. The Morgan fingerprint density at radius 3 is 2.70 bits per heavy atom. The minimum atomic E-state index is -0.490. The highest BCUT2D eigenvalue weighted by molar-refractivity contribution is 9.10. The maximum atomic E-state index is 12.2. The molecule has 0 saturated heterocycles. The van der Waals surface area contributed by atoms with Gasteiger partial charge in [-0.05, 0) is 59.0 Å². The van der Waals surface area contributed by atoms with Gasteiger partial charge < -0.3 is 5.32 Å². The molecule has 0 atom stereocenters. The van der Waals surface area contributed by atoms with E-state index in [1.54, 1.807) is 6.07 Å². The van der Waals surface area contributed by atoms with Crippen LogP contribution in [0, 0.1) is 21.4 Å². The number of halogens is 1. The van der Waals surface area contributed by atoms with Crippen molar-refractivity contribution in [2.45, 2.75) is 25.7 Å². The molecule has 1 aromatic rings. The predicted octanol–water partition coefficient (Wildman–Crippen LogP) is 3.28. The Hall–Kier alpha value is -1.43. The summed E-state index contributed by atoms with van der Waals surface area (Å²) in [4.78, 5) is 22.5. The van der Waals surface area contributed by atoms with E-state index in [0.29, 0.717) is 22.0 Å². The van der Waals surface area contributed by atoms with Gasteiger partial charge in [0.25, 0.3) is 11.6 Å². The van der Waals surface area contributed by atoms with Crippen LogP contribution in [0.3, 0.4) is 0 Å². The lowest BCUT2D eigenvalue weighted by molar-refractivity contribution is -0.384. The third kappa shape index (κ3) is 2.57. The molecule has 5 nitrogen and oxygen atoms in total. The summed E-state index contributed by atoms with van der Waals surface area (Å²) in [7, 11) is 0. The summed E-state index contributed by atoms with van der Waals surface area (Å²) >= 11 is 3.27. The smallest absolute Gasteiger partial charge is 0.270 e. The van der Waals surface area contributed by atoms with E-state index in [-0.39, 0.29) is 11.6 Å². The van der Waals surface area contributed by atoms with Gasteiger partial charge in [0.05, 0.1) is 10.5 Å². The third-order valence-electron chi connectivity index (χ3n) is 4.34. The number of non-ortho nitro benzene ring substituents is 1. The monoisotopic (exact) mass is 338 g/mol. The van der Waals surface area contributed by atoms with Crippen LogP contribution in [0.15, 0.2) is 22.7 Å². The molecule has 0 aliphatic heterocycles. The first-order chi connectivity index (χ1) is 9.52. The molecule has 0 spiro atoms.